The van der Waals surface area contributed by atoms with Crippen LogP contribution in [0.5, 0.6) is 0 Å². The zero-order valence-corrected chi connectivity index (χ0v) is 19.6. The van der Waals surface area contributed by atoms with Gasteiger partial charge in [0, 0.05) is 66.4 Å². The van der Waals surface area contributed by atoms with E-state index in [9.17, 15) is 4.79 Å². The predicted octanol–water partition coefficient (Wildman–Crippen LogP) is 4.37. The lowest BCUT2D eigenvalue weighted by atomic mass is 9.95. The van der Waals surface area contributed by atoms with E-state index in [1.807, 2.05) is 54.7 Å². The highest BCUT2D eigenvalue weighted by molar-refractivity contribution is 6.32. The molecular formula is C26H24Cl2N4O. The number of carbonyl (C=O) groups is 1. The van der Waals surface area contributed by atoms with Crippen molar-refractivity contribution in [3.8, 4) is 0 Å². The number of ketones is 1. The Morgan fingerprint density at radius 2 is 1.85 bits per heavy atom. The number of carbonyl (C=O) groups excluding carboxylic acids is 1. The Hall–Kier alpha value is -2.73. The molecule has 1 fully saturated rings. The van der Waals surface area contributed by atoms with Crippen LogP contribution in [0.2, 0.25) is 10.0 Å². The second-order valence-corrected chi connectivity index (χ2v) is 9.22. The van der Waals surface area contributed by atoms with E-state index >= 15 is 0 Å². The fourth-order valence-corrected chi connectivity index (χ4v) is 4.81. The lowest BCUT2D eigenvalue weighted by Gasteiger charge is -2.28. The zero-order valence-electron chi connectivity index (χ0n) is 18.1. The van der Waals surface area contributed by atoms with E-state index in [1.54, 1.807) is 0 Å². The van der Waals surface area contributed by atoms with Crippen molar-refractivity contribution in [2.45, 2.75) is 18.9 Å². The van der Waals surface area contributed by atoms with Gasteiger partial charge in [0.25, 0.3) is 0 Å². The maximum atomic E-state index is 13.3. The first-order valence-electron chi connectivity index (χ1n) is 11.1. The Bertz CT molecular complexity index is 1220. The molecule has 0 radical (unpaired) electrons. The number of Topliss-reactive ketones (excluding diaryl/α,β-unsaturated/α-hetero) is 1. The number of aromatic nitrogens is 1. The molecule has 3 heterocycles. The molecule has 0 aliphatic carbocycles. The van der Waals surface area contributed by atoms with Gasteiger partial charge in [-0.25, -0.2) is 4.98 Å². The van der Waals surface area contributed by atoms with Crippen LogP contribution < -0.4 is 10.2 Å². The zero-order chi connectivity index (χ0) is 22.8. The average Bonchev–Trinajstić information content (AvgIpc) is 2.97. The van der Waals surface area contributed by atoms with Crippen LogP contribution in [0.25, 0.3) is 0 Å². The predicted molar refractivity (Wildman–Crippen MR) is 134 cm³/mol. The summed E-state index contributed by atoms with van der Waals surface area (Å²) in [7, 11) is 0. The molecule has 0 spiro atoms. The summed E-state index contributed by atoms with van der Waals surface area (Å²) in [6.07, 6.45) is 2.58. The van der Waals surface area contributed by atoms with Crippen LogP contribution in [0, 0.1) is 0 Å². The van der Waals surface area contributed by atoms with E-state index in [4.69, 9.17) is 28.2 Å². The van der Waals surface area contributed by atoms with E-state index < -0.39 is 6.04 Å². The van der Waals surface area contributed by atoms with Crippen LogP contribution >= 0.6 is 23.2 Å². The van der Waals surface area contributed by atoms with E-state index in [0.717, 1.165) is 60.0 Å². The number of halogens is 2. The average molecular weight is 479 g/mol. The number of rotatable bonds is 4. The molecule has 7 heteroatoms. The van der Waals surface area contributed by atoms with Crippen molar-refractivity contribution in [2.24, 2.45) is 4.99 Å². The summed E-state index contributed by atoms with van der Waals surface area (Å²) in [5.74, 6) is 0.989. The molecule has 33 heavy (non-hydrogen) atoms. The van der Waals surface area contributed by atoms with Crippen molar-refractivity contribution in [1.29, 1.82) is 0 Å². The Kier molecular flexibility index (Phi) is 6.45. The standard InChI is InChI=1S/C26H24Cl2N4O/c27-20-6-5-17-14-24(33)23(13-18-3-1-2-4-22(18)28)31-26(21(17)16-20)19-7-8-30-25(15-19)32-11-9-29-10-12-32/h1-8,15-16,23,29H,9-14H2. The van der Waals surface area contributed by atoms with Gasteiger partial charge in [0.15, 0.2) is 5.78 Å². The lowest BCUT2D eigenvalue weighted by molar-refractivity contribution is -0.119. The molecule has 1 aromatic heterocycles. The van der Waals surface area contributed by atoms with Gasteiger partial charge in [-0.3, -0.25) is 9.79 Å². The number of benzene rings is 2. The molecule has 2 aliphatic heterocycles. The van der Waals surface area contributed by atoms with Crippen LogP contribution in [0.15, 0.2) is 65.8 Å². The number of aliphatic imine (C=N–C) groups is 1. The largest absolute Gasteiger partial charge is 0.354 e. The third kappa shape index (κ3) is 4.81. The summed E-state index contributed by atoms with van der Waals surface area (Å²) < 4.78 is 0. The summed E-state index contributed by atoms with van der Waals surface area (Å²) in [6.45, 7) is 3.66. The van der Waals surface area contributed by atoms with Crippen LogP contribution in [0.1, 0.15) is 22.3 Å². The molecule has 2 aromatic carbocycles. The number of hydrogen-bond acceptors (Lipinski definition) is 5. The van der Waals surface area contributed by atoms with Gasteiger partial charge in [0.05, 0.1) is 5.71 Å². The summed E-state index contributed by atoms with van der Waals surface area (Å²) in [5, 5.41) is 4.64. The second kappa shape index (κ2) is 9.64. The first-order chi connectivity index (χ1) is 16.1. The van der Waals surface area contributed by atoms with E-state index in [1.165, 1.54) is 0 Å². The van der Waals surface area contributed by atoms with Crippen molar-refractivity contribution in [3.63, 3.8) is 0 Å². The molecule has 3 aromatic rings. The number of hydrogen-bond donors (Lipinski definition) is 1. The van der Waals surface area contributed by atoms with Gasteiger partial charge in [-0.15, -0.1) is 0 Å². The molecular weight excluding hydrogens is 455 g/mol. The van der Waals surface area contributed by atoms with Crippen molar-refractivity contribution < 1.29 is 4.79 Å². The third-order valence-corrected chi connectivity index (χ3v) is 6.78. The monoisotopic (exact) mass is 478 g/mol. The van der Waals surface area contributed by atoms with Gasteiger partial charge >= 0.3 is 0 Å². The van der Waals surface area contributed by atoms with Gasteiger partial charge < -0.3 is 10.2 Å². The molecule has 1 atom stereocenters. The summed E-state index contributed by atoms with van der Waals surface area (Å²) in [4.78, 5) is 25.1. The quantitative estimate of drug-likeness (QED) is 0.604. The van der Waals surface area contributed by atoms with Crippen LogP contribution in [-0.2, 0) is 17.6 Å². The minimum Gasteiger partial charge on any atom is -0.354 e. The van der Waals surface area contributed by atoms with Crippen molar-refractivity contribution in [1.82, 2.24) is 10.3 Å². The minimum atomic E-state index is -0.526. The Labute approximate surface area is 203 Å². The first-order valence-corrected chi connectivity index (χ1v) is 11.9. The lowest BCUT2D eigenvalue weighted by Crippen LogP contribution is -2.43. The third-order valence-electron chi connectivity index (χ3n) is 6.18. The van der Waals surface area contributed by atoms with Gasteiger partial charge in [-0.05, 0) is 41.5 Å². The van der Waals surface area contributed by atoms with Crippen molar-refractivity contribution in [2.75, 3.05) is 31.1 Å². The molecule has 5 rings (SSSR count). The summed E-state index contributed by atoms with van der Waals surface area (Å²) in [6, 6.07) is 16.8. The second-order valence-electron chi connectivity index (χ2n) is 8.37. The highest BCUT2D eigenvalue weighted by Crippen LogP contribution is 2.28. The van der Waals surface area contributed by atoms with E-state index in [-0.39, 0.29) is 5.78 Å². The topological polar surface area (TPSA) is 57.6 Å². The van der Waals surface area contributed by atoms with Crippen molar-refractivity contribution in [3.05, 3.63) is 93.1 Å². The molecule has 0 amide bonds. The maximum Gasteiger partial charge on any atom is 0.162 e. The van der Waals surface area contributed by atoms with Gasteiger partial charge in [0.2, 0.25) is 0 Å². The Morgan fingerprint density at radius 1 is 1.03 bits per heavy atom. The highest BCUT2D eigenvalue weighted by atomic mass is 35.5. The summed E-state index contributed by atoms with van der Waals surface area (Å²) >= 11 is 12.8. The number of nitrogens with one attached hydrogen (secondary N) is 1. The molecule has 5 nitrogen and oxygen atoms in total. The molecule has 1 unspecified atom stereocenters. The smallest absolute Gasteiger partial charge is 0.162 e. The number of anilines is 1. The number of piperazine rings is 1. The van der Waals surface area contributed by atoms with Crippen LogP contribution in [-0.4, -0.2) is 48.7 Å². The SMILES string of the molecule is O=C1Cc2ccc(Cl)cc2C(c2ccnc(N3CCNCC3)c2)=NC1Cc1ccccc1Cl. The first kappa shape index (κ1) is 22.1. The normalized spacial score (nSPS) is 18.5. The fraction of sp³-hybridized carbons (Fsp3) is 0.269. The molecule has 0 saturated carbocycles. The molecule has 1 N–H and O–H groups in total. The molecule has 168 valence electrons. The van der Waals surface area contributed by atoms with Gasteiger partial charge in [-0.2, -0.15) is 0 Å². The molecule has 2 aliphatic rings. The number of pyridine rings is 1. The number of nitrogens with zero attached hydrogens (tertiary/aromatic N) is 3. The minimum absolute atomic E-state index is 0.0740. The van der Waals surface area contributed by atoms with Crippen molar-refractivity contribution >= 4 is 40.5 Å². The van der Waals surface area contributed by atoms with E-state index in [2.05, 4.69) is 21.3 Å². The van der Waals surface area contributed by atoms with E-state index in [0.29, 0.717) is 22.9 Å². The summed E-state index contributed by atoms with van der Waals surface area (Å²) in [5.41, 5.74) is 4.45. The van der Waals surface area contributed by atoms with Gasteiger partial charge in [-0.1, -0.05) is 47.5 Å². The maximum absolute atomic E-state index is 13.3. The fourth-order valence-electron chi connectivity index (χ4n) is 4.42. The molecule has 0 bridgehead atoms. The molecule has 1 saturated heterocycles. The van der Waals surface area contributed by atoms with Crippen LogP contribution in [0.3, 0.4) is 0 Å². The Balaban J connectivity index is 1.59. The highest BCUT2D eigenvalue weighted by Gasteiger charge is 2.27. The van der Waals surface area contributed by atoms with Crippen LogP contribution in [0.4, 0.5) is 5.82 Å². The Morgan fingerprint density at radius 3 is 2.67 bits per heavy atom. The van der Waals surface area contributed by atoms with Gasteiger partial charge in [0.1, 0.15) is 11.9 Å². The number of fused-ring (bicyclic) bond motifs is 1.